The fraction of sp³-hybridized carbons (Fsp3) is 0.944. The number of esters is 4. The van der Waals surface area contributed by atoms with E-state index in [1.807, 2.05) is 0 Å². The largest absolute Gasteiger partial charge is 0.472 e. The predicted octanol–water partition coefficient (Wildman–Crippen LogP) is 20.9. The minimum Gasteiger partial charge on any atom is -0.462 e. The van der Waals surface area contributed by atoms with E-state index in [2.05, 4.69) is 34.6 Å². The van der Waals surface area contributed by atoms with Crippen molar-refractivity contribution in [3.8, 4) is 0 Å². The molecule has 0 saturated heterocycles. The van der Waals surface area contributed by atoms with Crippen LogP contribution < -0.4 is 0 Å². The molecule has 3 unspecified atom stereocenters. The number of hydrogen-bond acceptors (Lipinski definition) is 15. The van der Waals surface area contributed by atoms with Crippen molar-refractivity contribution < 1.29 is 80.2 Å². The Balaban J connectivity index is 5.19. The molecule has 0 spiro atoms. The standard InChI is InChI=1S/C72H140O17P2/c1-6-10-13-16-19-22-23-24-25-26-30-33-37-41-46-51-56-70(75)83-62-68(89-72(77)58-53-48-43-38-34-31-28-27-29-32-36-39-44-49-54-65(5)9-4)64-87-91(80,81)85-60-66(73)59-84-90(78,79)86-63-67(61-82-69(74)55-50-45-40-21-18-15-12-8-3)88-71(76)57-52-47-42-35-20-17-14-11-7-2/h65-68,73H,6-64H2,1-5H3,(H,78,79)(H,80,81)/t65?,66-,67+,68+/m0/s1. The van der Waals surface area contributed by atoms with E-state index in [1.54, 1.807) is 0 Å². The van der Waals surface area contributed by atoms with Gasteiger partial charge in [-0.15, -0.1) is 0 Å². The Morgan fingerprint density at radius 2 is 0.527 bits per heavy atom. The molecule has 91 heavy (non-hydrogen) atoms. The number of aliphatic hydroxyl groups is 1. The summed E-state index contributed by atoms with van der Waals surface area (Å²) in [6, 6.07) is 0. The summed E-state index contributed by atoms with van der Waals surface area (Å²) < 4.78 is 68.2. The van der Waals surface area contributed by atoms with Crippen molar-refractivity contribution in [1.82, 2.24) is 0 Å². The quantitative estimate of drug-likeness (QED) is 0.0222. The molecule has 19 heteroatoms. The molecule has 17 nitrogen and oxygen atoms in total. The molecule has 0 radical (unpaired) electrons. The zero-order chi connectivity index (χ0) is 67.0. The highest BCUT2D eigenvalue weighted by atomic mass is 31.2. The number of phosphoric acid groups is 2. The average Bonchev–Trinajstić information content (AvgIpc) is 3.70. The van der Waals surface area contributed by atoms with Crippen molar-refractivity contribution in [3.63, 3.8) is 0 Å². The Bertz CT molecular complexity index is 1760. The minimum atomic E-state index is -4.95. The van der Waals surface area contributed by atoms with Crippen molar-refractivity contribution in [2.24, 2.45) is 5.92 Å². The van der Waals surface area contributed by atoms with Crippen molar-refractivity contribution >= 4 is 39.5 Å². The molecular formula is C72H140O17P2. The van der Waals surface area contributed by atoms with Crippen molar-refractivity contribution in [3.05, 3.63) is 0 Å². The Morgan fingerprint density at radius 1 is 0.308 bits per heavy atom. The number of carbonyl (C=O) groups is 4. The highest BCUT2D eigenvalue weighted by Gasteiger charge is 2.30. The third kappa shape index (κ3) is 65.1. The fourth-order valence-corrected chi connectivity index (χ4v) is 12.5. The van der Waals surface area contributed by atoms with E-state index >= 15 is 0 Å². The van der Waals surface area contributed by atoms with Gasteiger partial charge in [-0.05, 0) is 31.6 Å². The van der Waals surface area contributed by atoms with Crippen LogP contribution in [0, 0.1) is 5.92 Å². The maximum atomic E-state index is 13.0. The summed E-state index contributed by atoms with van der Waals surface area (Å²) in [5, 5.41) is 10.6. The van der Waals surface area contributed by atoms with E-state index in [1.165, 1.54) is 193 Å². The normalized spacial score (nSPS) is 14.3. The van der Waals surface area contributed by atoms with E-state index in [0.717, 1.165) is 102 Å². The van der Waals surface area contributed by atoms with Crippen LogP contribution in [0.2, 0.25) is 0 Å². The van der Waals surface area contributed by atoms with Gasteiger partial charge in [0.05, 0.1) is 26.4 Å². The van der Waals surface area contributed by atoms with Gasteiger partial charge in [0.1, 0.15) is 19.3 Å². The van der Waals surface area contributed by atoms with Crippen LogP contribution in [0.4, 0.5) is 0 Å². The molecule has 0 rings (SSSR count). The molecule has 6 atom stereocenters. The van der Waals surface area contributed by atoms with Gasteiger partial charge in [-0.1, -0.05) is 324 Å². The van der Waals surface area contributed by atoms with Gasteiger partial charge in [-0.3, -0.25) is 37.3 Å². The van der Waals surface area contributed by atoms with Crippen LogP contribution in [0.1, 0.15) is 375 Å². The van der Waals surface area contributed by atoms with Crippen molar-refractivity contribution in [2.45, 2.75) is 393 Å². The first-order chi connectivity index (χ1) is 44.1. The Labute approximate surface area is 556 Å². The van der Waals surface area contributed by atoms with Gasteiger partial charge in [0.15, 0.2) is 12.2 Å². The van der Waals surface area contributed by atoms with Crippen LogP contribution in [-0.4, -0.2) is 96.7 Å². The fourth-order valence-electron chi connectivity index (χ4n) is 11.0. The number of carbonyl (C=O) groups excluding carboxylic acids is 4. The summed E-state index contributed by atoms with van der Waals surface area (Å²) >= 11 is 0. The van der Waals surface area contributed by atoms with Crippen molar-refractivity contribution in [2.75, 3.05) is 39.6 Å². The minimum absolute atomic E-state index is 0.106. The molecule has 0 amide bonds. The average molecular weight is 1340 g/mol. The SMILES string of the molecule is CCCCCCCCCCCCCCCCCCC(=O)OC[C@H](COP(=O)(O)OC[C@@H](O)COP(=O)(O)OC[C@@H](COC(=O)CCCCCCCCCC)OC(=O)CCCCCCCCCCC)OC(=O)CCCCCCCCCCCCCCCCC(C)CC. The lowest BCUT2D eigenvalue weighted by Gasteiger charge is -2.21. The zero-order valence-corrected chi connectivity index (χ0v) is 60.8. The van der Waals surface area contributed by atoms with Gasteiger partial charge in [0, 0.05) is 25.7 Å². The number of ether oxygens (including phenoxy) is 4. The molecular weight excluding hydrogens is 1200 g/mol. The Hall–Kier alpha value is -1.94. The molecule has 0 aromatic carbocycles. The molecule has 0 aliphatic rings. The second-order valence-electron chi connectivity index (χ2n) is 26.2. The van der Waals surface area contributed by atoms with Crippen LogP contribution >= 0.6 is 15.6 Å². The molecule has 0 aliphatic carbocycles. The van der Waals surface area contributed by atoms with Gasteiger partial charge in [0.2, 0.25) is 0 Å². The summed E-state index contributed by atoms with van der Waals surface area (Å²) in [5.74, 6) is -1.28. The van der Waals surface area contributed by atoms with Crippen LogP contribution in [0.15, 0.2) is 0 Å². The van der Waals surface area contributed by atoms with E-state index in [4.69, 9.17) is 37.0 Å². The number of phosphoric ester groups is 2. The first kappa shape index (κ1) is 89.1. The van der Waals surface area contributed by atoms with Gasteiger partial charge in [-0.25, -0.2) is 9.13 Å². The molecule has 0 aliphatic heterocycles. The van der Waals surface area contributed by atoms with Gasteiger partial charge < -0.3 is 33.8 Å². The number of unbranched alkanes of at least 4 members (excludes halogenated alkanes) is 43. The predicted molar refractivity (Wildman–Crippen MR) is 368 cm³/mol. The maximum absolute atomic E-state index is 13.0. The highest BCUT2D eigenvalue weighted by Crippen LogP contribution is 2.45. The second-order valence-corrected chi connectivity index (χ2v) is 29.1. The summed E-state index contributed by atoms with van der Waals surface area (Å²) in [4.78, 5) is 72.5. The monoisotopic (exact) mass is 1340 g/mol. The van der Waals surface area contributed by atoms with Crippen LogP contribution in [-0.2, 0) is 65.4 Å². The topological polar surface area (TPSA) is 237 Å². The van der Waals surface area contributed by atoms with Crippen LogP contribution in [0.5, 0.6) is 0 Å². The molecule has 0 aromatic rings. The molecule has 0 bridgehead atoms. The molecule has 540 valence electrons. The molecule has 0 saturated carbocycles. The molecule has 0 aromatic heterocycles. The summed E-state index contributed by atoms with van der Waals surface area (Å²) in [6.07, 6.45) is 52.7. The van der Waals surface area contributed by atoms with Gasteiger partial charge >= 0.3 is 39.5 Å². The van der Waals surface area contributed by atoms with E-state index < -0.39 is 97.5 Å². The lowest BCUT2D eigenvalue weighted by Crippen LogP contribution is -2.30. The molecule has 0 heterocycles. The van der Waals surface area contributed by atoms with Crippen LogP contribution in [0.25, 0.3) is 0 Å². The number of hydrogen-bond donors (Lipinski definition) is 3. The van der Waals surface area contributed by atoms with Crippen LogP contribution in [0.3, 0.4) is 0 Å². The van der Waals surface area contributed by atoms with E-state index in [0.29, 0.717) is 25.7 Å². The summed E-state index contributed by atoms with van der Waals surface area (Å²) in [6.45, 7) is 7.28. The Kier molecular flexibility index (Phi) is 64.0. The molecule has 3 N–H and O–H groups in total. The first-order valence-electron chi connectivity index (χ1n) is 37.7. The van der Waals surface area contributed by atoms with E-state index in [-0.39, 0.29) is 25.7 Å². The smallest absolute Gasteiger partial charge is 0.462 e. The van der Waals surface area contributed by atoms with Gasteiger partial charge in [-0.2, -0.15) is 0 Å². The summed E-state index contributed by atoms with van der Waals surface area (Å²) in [5.41, 5.74) is 0. The lowest BCUT2D eigenvalue weighted by atomic mass is 9.99. The second kappa shape index (κ2) is 65.4. The Morgan fingerprint density at radius 3 is 0.780 bits per heavy atom. The first-order valence-corrected chi connectivity index (χ1v) is 40.7. The maximum Gasteiger partial charge on any atom is 0.472 e. The van der Waals surface area contributed by atoms with Crippen molar-refractivity contribution in [1.29, 1.82) is 0 Å². The van der Waals surface area contributed by atoms with Gasteiger partial charge in [0.25, 0.3) is 0 Å². The lowest BCUT2D eigenvalue weighted by molar-refractivity contribution is -0.161. The highest BCUT2D eigenvalue weighted by molar-refractivity contribution is 7.47. The third-order valence-corrected chi connectivity index (χ3v) is 19.0. The third-order valence-electron chi connectivity index (χ3n) is 17.1. The number of aliphatic hydroxyl groups excluding tert-OH is 1. The molecule has 0 fully saturated rings. The number of rotatable bonds is 72. The zero-order valence-electron chi connectivity index (χ0n) is 59.0. The summed E-state index contributed by atoms with van der Waals surface area (Å²) in [7, 11) is -9.90. The van der Waals surface area contributed by atoms with E-state index in [9.17, 15) is 43.2 Å².